The summed E-state index contributed by atoms with van der Waals surface area (Å²) in [6, 6.07) is 7.73. The number of anilines is 1. The molecule has 0 saturated carbocycles. The van der Waals surface area contributed by atoms with Crippen LogP contribution in [-0.2, 0) is 10.0 Å². The second kappa shape index (κ2) is 8.06. The van der Waals surface area contributed by atoms with Gasteiger partial charge in [0, 0.05) is 25.0 Å². The Hall–Kier alpha value is -2.45. The van der Waals surface area contributed by atoms with Crippen molar-refractivity contribution >= 4 is 21.6 Å². The second-order valence-corrected chi connectivity index (χ2v) is 8.57. The molecule has 7 nitrogen and oxygen atoms in total. The first-order valence-electron chi connectivity index (χ1n) is 8.99. The van der Waals surface area contributed by atoms with Gasteiger partial charge in [0.15, 0.2) is 0 Å². The maximum absolute atomic E-state index is 13.1. The molecular formula is C19H23N3O4S. The van der Waals surface area contributed by atoms with E-state index in [0.717, 1.165) is 25.7 Å². The van der Waals surface area contributed by atoms with E-state index in [-0.39, 0.29) is 10.5 Å². The lowest BCUT2D eigenvalue weighted by Gasteiger charge is -2.21. The molecule has 2 heterocycles. The second-order valence-electron chi connectivity index (χ2n) is 6.67. The Morgan fingerprint density at radius 2 is 1.81 bits per heavy atom. The SMILES string of the molecule is Cc1ccc(NC(=O)c2ccc[nH]c2=O)cc1S(=O)(=O)N1CCCCCC1. The fourth-order valence-corrected chi connectivity index (χ4v) is 4.94. The Morgan fingerprint density at radius 3 is 2.48 bits per heavy atom. The Kier molecular flexibility index (Phi) is 5.76. The quantitative estimate of drug-likeness (QED) is 0.839. The molecule has 1 aromatic heterocycles. The molecule has 0 radical (unpaired) electrons. The average molecular weight is 389 g/mol. The third-order valence-corrected chi connectivity index (χ3v) is 6.73. The van der Waals surface area contributed by atoms with Gasteiger partial charge in [-0.1, -0.05) is 18.9 Å². The monoisotopic (exact) mass is 389 g/mol. The van der Waals surface area contributed by atoms with Crippen LogP contribution in [0, 0.1) is 6.92 Å². The minimum absolute atomic E-state index is 0.0324. The van der Waals surface area contributed by atoms with Crippen molar-refractivity contribution in [3.8, 4) is 0 Å². The van der Waals surface area contributed by atoms with Gasteiger partial charge in [-0.2, -0.15) is 4.31 Å². The number of hydrogen-bond acceptors (Lipinski definition) is 4. The first-order chi connectivity index (χ1) is 12.9. The number of aromatic nitrogens is 1. The van der Waals surface area contributed by atoms with Crippen molar-refractivity contribution < 1.29 is 13.2 Å². The number of amides is 1. The van der Waals surface area contributed by atoms with Gasteiger partial charge in [0.1, 0.15) is 5.56 Å². The van der Waals surface area contributed by atoms with E-state index in [1.54, 1.807) is 25.1 Å². The Balaban J connectivity index is 1.89. The standard InChI is InChI=1S/C19H23N3O4S/c1-14-8-9-15(21-19(24)16-7-6-10-20-18(16)23)13-17(14)27(25,26)22-11-4-2-3-5-12-22/h6-10,13H,2-5,11-12H2,1H3,(H,20,23)(H,21,24). The van der Waals surface area contributed by atoms with Crippen LogP contribution in [0.3, 0.4) is 0 Å². The summed E-state index contributed by atoms with van der Waals surface area (Å²) in [5.41, 5.74) is 0.423. The topological polar surface area (TPSA) is 99.3 Å². The van der Waals surface area contributed by atoms with Crippen molar-refractivity contribution in [3.63, 3.8) is 0 Å². The first-order valence-corrected chi connectivity index (χ1v) is 10.4. The van der Waals surface area contributed by atoms with Crippen LogP contribution >= 0.6 is 0 Å². The molecule has 1 aliphatic rings. The molecule has 0 atom stereocenters. The molecule has 0 bridgehead atoms. The van der Waals surface area contributed by atoms with Gasteiger partial charge < -0.3 is 10.3 Å². The van der Waals surface area contributed by atoms with Crippen molar-refractivity contribution in [2.45, 2.75) is 37.5 Å². The largest absolute Gasteiger partial charge is 0.328 e. The molecule has 2 aromatic rings. The van der Waals surface area contributed by atoms with Gasteiger partial charge >= 0.3 is 0 Å². The molecule has 0 unspecified atom stereocenters. The molecule has 1 fully saturated rings. The molecule has 144 valence electrons. The van der Waals surface area contributed by atoms with Crippen molar-refractivity contribution in [2.24, 2.45) is 0 Å². The van der Waals surface area contributed by atoms with Crippen LogP contribution in [-0.4, -0.2) is 36.7 Å². The zero-order valence-electron chi connectivity index (χ0n) is 15.2. The van der Waals surface area contributed by atoms with Crippen LogP contribution in [0.15, 0.2) is 46.2 Å². The zero-order valence-corrected chi connectivity index (χ0v) is 16.0. The number of nitrogens with one attached hydrogen (secondary N) is 2. The van der Waals surface area contributed by atoms with Crippen molar-refractivity contribution in [1.82, 2.24) is 9.29 Å². The summed E-state index contributed by atoms with van der Waals surface area (Å²) in [7, 11) is -3.63. The molecule has 1 amide bonds. The highest BCUT2D eigenvalue weighted by Gasteiger charge is 2.27. The summed E-state index contributed by atoms with van der Waals surface area (Å²) < 4.78 is 27.7. The smallest absolute Gasteiger partial charge is 0.261 e. The number of benzene rings is 1. The summed E-state index contributed by atoms with van der Waals surface area (Å²) in [5, 5.41) is 2.61. The summed E-state index contributed by atoms with van der Waals surface area (Å²) in [5.74, 6) is -0.584. The predicted octanol–water partition coefficient (Wildman–Crippen LogP) is 2.50. The summed E-state index contributed by atoms with van der Waals surface area (Å²) in [6.07, 6.45) is 5.22. The molecule has 2 N–H and O–H groups in total. The van der Waals surface area contributed by atoms with Gasteiger partial charge in [-0.3, -0.25) is 9.59 Å². The van der Waals surface area contributed by atoms with Crippen molar-refractivity contribution in [2.75, 3.05) is 18.4 Å². The number of aryl methyl sites for hydroxylation is 1. The summed E-state index contributed by atoms with van der Waals surface area (Å²) in [4.78, 5) is 26.7. The molecule has 27 heavy (non-hydrogen) atoms. The van der Waals surface area contributed by atoms with Crippen molar-refractivity contribution in [3.05, 3.63) is 58.0 Å². The van der Waals surface area contributed by atoms with E-state index in [9.17, 15) is 18.0 Å². The van der Waals surface area contributed by atoms with Crippen molar-refractivity contribution in [1.29, 1.82) is 0 Å². The van der Waals surface area contributed by atoms with E-state index in [1.807, 2.05) is 0 Å². The maximum Gasteiger partial charge on any atom is 0.261 e. The highest BCUT2D eigenvalue weighted by atomic mass is 32.2. The lowest BCUT2D eigenvalue weighted by atomic mass is 10.2. The van der Waals surface area contributed by atoms with E-state index in [1.165, 1.54) is 22.6 Å². The van der Waals surface area contributed by atoms with E-state index in [0.29, 0.717) is 24.3 Å². The van der Waals surface area contributed by atoms with Gasteiger partial charge in [0.25, 0.3) is 11.5 Å². The first kappa shape index (κ1) is 19.3. The fourth-order valence-electron chi connectivity index (χ4n) is 3.18. The van der Waals surface area contributed by atoms with E-state index < -0.39 is 21.5 Å². The van der Waals surface area contributed by atoms with Gasteiger partial charge in [-0.25, -0.2) is 8.42 Å². The predicted molar refractivity (Wildman–Crippen MR) is 103 cm³/mol. The molecular weight excluding hydrogens is 366 g/mol. The number of H-pyrrole nitrogens is 1. The van der Waals surface area contributed by atoms with E-state index >= 15 is 0 Å². The molecule has 1 aromatic carbocycles. The highest BCUT2D eigenvalue weighted by Crippen LogP contribution is 2.26. The number of sulfonamides is 1. The molecule has 8 heteroatoms. The number of hydrogen-bond donors (Lipinski definition) is 2. The zero-order chi connectivity index (χ0) is 19.4. The van der Waals surface area contributed by atoms with Gasteiger partial charge in [-0.05, 0) is 49.6 Å². The average Bonchev–Trinajstić information content (AvgIpc) is 2.93. The number of carbonyl (C=O) groups is 1. The minimum Gasteiger partial charge on any atom is -0.328 e. The number of aromatic amines is 1. The van der Waals surface area contributed by atoms with Crippen LogP contribution in [0.2, 0.25) is 0 Å². The number of nitrogens with zero attached hydrogens (tertiary/aromatic N) is 1. The lowest BCUT2D eigenvalue weighted by Crippen LogP contribution is -2.32. The molecule has 0 aliphatic carbocycles. The van der Waals surface area contributed by atoms with Crippen LogP contribution in [0.25, 0.3) is 0 Å². The van der Waals surface area contributed by atoms with Gasteiger partial charge in [-0.15, -0.1) is 0 Å². The molecule has 1 saturated heterocycles. The Bertz CT molecular complexity index is 990. The van der Waals surface area contributed by atoms with Crippen LogP contribution in [0.5, 0.6) is 0 Å². The summed E-state index contributed by atoms with van der Waals surface area (Å²) in [6.45, 7) is 2.76. The number of pyridine rings is 1. The lowest BCUT2D eigenvalue weighted by molar-refractivity contribution is 0.102. The minimum atomic E-state index is -3.63. The highest BCUT2D eigenvalue weighted by molar-refractivity contribution is 7.89. The molecule has 3 rings (SSSR count). The Labute approximate surface area is 158 Å². The van der Waals surface area contributed by atoms with Crippen LogP contribution in [0.4, 0.5) is 5.69 Å². The normalized spacial score (nSPS) is 15.9. The van der Waals surface area contributed by atoms with E-state index in [2.05, 4.69) is 10.3 Å². The molecule has 0 spiro atoms. The summed E-state index contributed by atoms with van der Waals surface area (Å²) >= 11 is 0. The van der Waals surface area contributed by atoms with Gasteiger partial charge in [0.05, 0.1) is 4.90 Å². The van der Waals surface area contributed by atoms with E-state index in [4.69, 9.17) is 0 Å². The number of carbonyl (C=O) groups excluding carboxylic acids is 1. The van der Waals surface area contributed by atoms with Crippen LogP contribution < -0.4 is 10.9 Å². The number of rotatable bonds is 4. The fraction of sp³-hybridized carbons (Fsp3) is 0.368. The third-order valence-electron chi connectivity index (χ3n) is 4.69. The van der Waals surface area contributed by atoms with Crippen LogP contribution in [0.1, 0.15) is 41.6 Å². The Morgan fingerprint density at radius 1 is 1.11 bits per heavy atom. The molecule has 1 aliphatic heterocycles. The van der Waals surface area contributed by atoms with Gasteiger partial charge in [0.2, 0.25) is 10.0 Å². The maximum atomic E-state index is 13.1. The third kappa shape index (κ3) is 4.28.